The molecule has 0 N–H and O–H groups in total. The summed E-state index contributed by atoms with van der Waals surface area (Å²) in [6, 6.07) is 17.8. The van der Waals surface area contributed by atoms with Crippen molar-refractivity contribution in [3.63, 3.8) is 0 Å². The van der Waals surface area contributed by atoms with Gasteiger partial charge in [0.05, 0.1) is 27.6 Å². The van der Waals surface area contributed by atoms with E-state index in [1.165, 1.54) is 45.0 Å². The van der Waals surface area contributed by atoms with E-state index in [-0.39, 0.29) is 0 Å². The third-order valence-electron chi connectivity index (χ3n) is 7.34. The number of hydrogen-bond donors (Lipinski definition) is 0. The van der Waals surface area contributed by atoms with Crippen LogP contribution in [-0.4, -0.2) is 27.6 Å². The lowest BCUT2D eigenvalue weighted by molar-refractivity contribution is 0.414. The lowest BCUT2D eigenvalue weighted by atomic mass is 9.95. The molecule has 0 saturated heterocycles. The van der Waals surface area contributed by atoms with Crippen LogP contribution in [0.1, 0.15) is 22.3 Å². The Balaban J connectivity index is 1.27. The Morgan fingerprint density at radius 3 is 1.34 bits per heavy atom. The standard InChI is InChI=1S/C26H26N4O2/c1-31-21-3-5-23-19(8-21)13-29-15-27(23)11-17-7-18-12-28-16-30(26(18)10-25(17)29)14-20-9-22(32-2)4-6-24(20)28/h3-10H,11-16H2,1-2H3. The Hall–Kier alpha value is -3.54. The number of methoxy groups -OCH3 is 2. The van der Waals surface area contributed by atoms with Crippen molar-refractivity contribution in [2.24, 2.45) is 0 Å². The van der Waals surface area contributed by atoms with Crippen molar-refractivity contribution in [2.45, 2.75) is 26.2 Å². The molecule has 6 heteroatoms. The molecule has 0 spiro atoms. The fourth-order valence-electron chi connectivity index (χ4n) is 5.84. The van der Waals surface area contributed by atoms with E-state index < -0.39 is 0 Å². The smallest absolute Gasteiger partial charge is 0.119 e. The molecule has 0 unspecified atom stereocenters. The highest BCUT2D eigenvalue weighted by Gasteiger charge is 2.34. The molecule has 3 aromatic rings. The summed E-state index contributed by atoms with van der Waals surface area (Å²) in [5.41, 5.74) is 10.9. The molecule has 3 aromatic carbocycles. The van der Waals surface area contributed by atoms with Crippen molar-refractivity contribution in [3.8, 4) is 11.5 Å². The second-order valence-electron chi connectivity index (χ2n) is 9.17. The summed E-state index contributed by atoms with van der Waals surface area (Å²) in [5, 5.41) is 0. The summed E-state index contributed by atoms with van der Waals surface area (Å²) in [7, 11) is 3.48. The van der Waals surface area contributed by atoms with E-state index in [1.54, 1.807) is 14.2 Å². The van der Waals surface area contributed by atoms with Gasteiger partial charge in [0.25, 0.3) is 0 Å². The predicted molar refractivity (Wildman–Crippen MR) is 127 cm³/mol. The lowest BCUT2D eigenvalue weighted by Gasteiger charge is -2.48. The van der Waals surface area contributed by atoms with Gasteiger partial charge in [-0.15, -0.1) is 0 Å². The first-order chi connectivity index (χ1) is 15.7. The average molecular weight is 427 g/mol. The largest absolute Gasteiger partial charge is 0.497 e. The van der Waals surface area contributed by atoms with Crippen molar-refractivity contribution in [2.75, 3.05) is 47.2 Å². The number of ether oxygens (including phenoxy) is 2. The molecule has 162 valence electrons. The third-order valence-corrected chi connectivity index (χ3v) is 7.34. The van der Waals surface area contributed by atoms with E-state index in [0.29, 0.717) is 0 Å². The third kappa shape index (κ3) is 2.52. The van der Waals surface area contributed by atoms with Crippen LogP contribution in [0.2, 0.25) is 0 Å². The number of anilines is 4. The van der Waals surface area contributed by atoms with Crippen LogP contribution in [-0.2, 0) is 26.2 Å². The van der Waals surface area contributed by atoms with Gasteiger partial charge >= 0.3 is 0 Å². The molecular weight excluding hydrogens is 400 g/mol. The Morgan fingerprint density at radius 1 is 0.500 bits per heavy atom. The minimum absolute atomic E-state index is 0.918. The maximum absolute atomic E-state index is 5.48. The van der Waals surface area contributed by atoms with Crippen molar-refractivity contribution in [3.05, 3.63) is 70.8 Å². The second-order valence-corrected chi connectivity index (χ2v) is 9.17. The van der Waals surface area contributed by atoms with Gasteiger partial charge in [-0.1, -0.05) is 0 Å². The molecule has 6 nitrogen and oxygen atoms in total. The highest BCUT2D eigenvalue weighted by Crippen LogP contribution is 2.45. The van der Waals surface area contributed by atoms with Gasteiger partial charge in [0, 0.05) is 48.9 Å². The van der Waals surface area contributed by atoms with Gasteiger partial charge < -0.3 is 29.1 Å². The molecule has 0 amide bonds. The molecule has 0 atom stereocenters. The van der Waals surface area contributed by atoms with E-state index in [9.17, 15) is 0 Å². The number of benzene rings is 3. The maximum Gasteiger partial charge on any atom is 0.119 e. The van der Waals surface area contributed by atoms with Crippen LogP contribution < -0.4 is 29.1 Å². The molecule has 4 aliphatic heterocycles. The average Bonchev–Trinajstić information content (AvgIpc) is 2.82. The molecular formula is C26H26N4O2. The van der Waals surface area contributed by atoms with Crippen LogP contribution in [0.5, 0.6) is 11.5 Å². The molecule has 0 aromatic heterocycles. The minimum Gasteiger partial charge on any atom is -0.497 e. The zero-order valence-corrected chi connectivity index (χ0v) is 18.5. The van der Waals surface area contributed by atoms with E-state index in [2.05, 4.69) is 68.1 Å². The molecule has 0 aliphatic carbocycles. The zero-order valence-electron chi connectivity index (χ0n) is 18.5. The number of rotatable bonds is 2. The summed E-state index contributed by atoms with van der Waals surface area (Å²) in [5.74, 6) is 1.86. The highest BCUT2D eigenvalue weighted by atomic mass is 16.5. The first-order valence-electron chi connectivity index (χ1n) is 11.2. The molecule has 4 aliphatic rings. The molecule has 0 saturated carbocycles. The Morgan fingerprint density at radius 2 is 0.906 bits per heavy atom. The first kappa shape index (κ1) is 18.1. The van der Waals surface area contributed by atoms with Gasteiger partial charge in [-0.05, 0) is 70.8 Å². The summed E-state index contributed by atoms with van der Waals surface area (Å²) in [6.07, 6.45) is 0. The van der Waals surface area contributed by atoms with Crippen LogP contribution in [0, 0.1) is 0 Å². The fraction of sp³-hybridized carbons (Fsp3) is 0.308. The second kappa shape index (κ2) is 6.48. The predicted octanol–water partition coefficient (Wildman–Crippen LogP) is 4.30. The van der Waals surface area contributed by atoms with Crippen LogP contribution in [0.4, 0.5) is 22.7 Å². The van der Waals surface area contributed by atoms with Crippen molar-refractivity contribution in [1.29, 1.82) is 0 Å². The number of hydrogen-bond acceptors (Lipinski definition) is 6. The maximum atomic E-state index is 5.48. The molecule has 7 rings (SSSR count). The number of nitrogens with zero attached hydrogens (tertiary/aromatic N) is 4. The van der Waals surface area contributed by atoms with Crippen molar-refractivity contribution < 1.29 is 9.47 Å². The van der Waals surface area contributed by atoms with Gasteiger partial charge in [-0.25, -0.2) is 0 Å². The van der Waals surface area contributed by atoms with Crippen molar-refractivity contribution in [1.82, 2.24) is 0 Å². The van der Waals surface area contributed by atoms with Gasteiger partial charge in [0.1, 0.15) is 11.5 Å². The van der Waals surface area contributed by atoms with Gasteiger partial charge in [0.2, 0.25) is 0 Å². The molecule has 0 fully saturated rings. The Bertz CT molecular complexity index is 1160. The van der Waals surface area contributed by atoms with Crippen molar-refractivity contribution >= 4 is 22.7 Å². The monoisotopic (exact) mass is 426 g/mol. The van der Waals surface area contributed by atoms with E-state index in [0.717, 1.165) is 51.0 Å². The SMILES string of the molecule is COc1ccc2c(c1)CN1CN2Cc2cc3c(cc21)N1Cc2cc(OC)ccc2N(C3)C1. The summed E-state index contributed by atoms with van der Waals surface area (Å²) < 4.78 is 11.0. The molecule has 32 heavy (non-hydrogen) atoms. The fourth-order valence-corrected chi connectivity index (χ4v) is 5.84. The van der Waals surface area contributed by atoms with Crippen LogP contribution in [0.25, 0.3) is 0 Å². The quantitative estimate of drug-likeness (QED) is 0.608. The molecule has 4 bridgehead atoms. The molecule has 4 heterocycles. The van der Waals surface area contributed by atoms with E-state index in [1.807, 2.05) is 0 Å². The Labute approximate surface area is 188 Å². The minimum atomic E-state index is 0.918. The van der Waals surface area contributed by atoms with Crippen LogP contribution in [0.15, 0.2) is 48.5 Å². The topological polar surface area (TPSA) is 31.4 Å². The van der Waals surface area contributed by atoms with Crippen LogP contribution >= 0.6 is 0 Å². The summed E-state index contributed by atoms with van der Waals surface area (Å²) in [4.78, 5) is 9.99. The van der Waals surface area contributed by atoms with E-state index in [4.69, 9.17) is 9.47 Å². The normalized spacial score (nSPS) is 17.3. The number of fused-ring (bicyclic) bond motifs is 12. The zero-order chi connectivity index (χ0) is 21.4. The van der Waals surface area contributed by atoms with Gasteiger partial charge in [-0.2, -0.15) is 0 Å². The van der Waals surface area contributed by atoms with Gasteiger partial charge in [0.15, 0.2) is 0 Å². The molecule has 0 radical (unpaired) electrons. The highest BCUT2D eigenvalue weighted by molar-refractivity contribution is 5.76. The Kier molecular flexibility index (Phi) is 3.66. The summed E-state index contributed by atoms with van der Waals surface area (Å²) in [6.45, 7) is 5.62. The van der Waals surface area contributed by atoms with E-state index >= 15 is 0 Å². The first-order valence-corrected chi connectivity index (χ1v) is 11.2. The lowest BCUT2D eigenvalue weighted by Crippen LogP contribution is -2.48. The summed E-state index contributed by atoms with van der Waals surface area (Å²) >= 11 is 0. The van der Waals surface area contributed by atoms with Gasteiger partial charge in [-0.3, -0.25) is 0 Å². The van der Waals surface area contributed by atoms with Crippen LogP contribution in [0.3, 0.4) is 0 Å².